The lowest BCUT2D eigenvalue weighted by molar-refractivity contribution is 0.0696. The number of nitrogens with zero attached hydrogens (tertiary/aromatic N) is 5. The number of aromatic carboxylic acids is 1. The second-order valence-electron chi connectivity index (χ2n) is 5.81. The fourth-order valence-corrected chi connectivity index (χ4v) is 3.73. The molecule has 0 unspecified atom stereocenters. The Bertz CT molecular complexity index is 1070. The van der Waals surface area contributed by atoms with Gasteiger partial charge in [-0.2, -0.15) is 5.10 Å². The molecule has 0 aliphatic rings. The number of rotatable bonds is 7. The number of carboxylic acids is 1. The summed E-state index contributed by atoms with van der Waals surface area (Å²) in [6.07, 6.45) is 3.65. The molecule has 0 radical (unpaired) electrons. The van der Waals surface area contributed by atoms with E-state index < -0.39 is 16.0 Å². The largest absolute Gasteiger partial charge is 0.478 e. The summed E-state index contributed by atoms with van der Waals surface area (Å²) in [7, 11) is -4.03. The average Bonchev–Trinajstić information content (AvgIpc) is 3.26. The third-order valence-corrected chi connectivity index (χ3v) is 5.26. The van der Waals surface area contributed by atoms with Gasteiger partial charge in [0.25, 0.3) is 10.0 Å². The van der Waals surface area contributed by atoms with Crippen LogP contribution in [0.15, 0.2) is 41.8 Å². The van der Waals surface area contributed by atoms with Crippen LogP contribution >= 0.6 is 0 Å². The first-order valence-electron chi connectivity index (χ1n) is 8.12. The topological polar surface area (TPSA) is 132 Å². The monoisotopic (exact) mass is 390 g/mol. The minimum Gasteiger partial charge on any atom is -0.478 e. The van der Waals surface area contributed by atoms with Gasteiger partial charge in [-0.05, 0) is 31.5 Å². The zero-order valence-corrected chi connectivity index (χ0v) is 15.5. The molecule has 0 bridgehead atoms. The molecule has 0 aliphatic carbocycles. The van der Waals surface area contributed by atoms with Crippen molar-refractivity contribution in [3.63, 3.8) is 0 Å². The van der Waals surface area contributed by atoms with Gasteiger partial charge in [0.2, 0.25) is 0 Å². The Morgan fingerprint density at radius 1 is 1.26 bits per heavy atom. The van der Waals surface area contributed by atoms with Gasteiger partial charge >= 0.3 is 5.97 Å². The summed E-state index contributed by atoms with van der Waals surface area (Å²) in [6, 6.07) is 5.15. The highest BCUT2D eigenvalue weighted by Gasteiger charge is 2.23. The van der Waals surface area contributed by atoms with Crippen LogP contribution in [0.5, 0.6) is 0 Å². The maximum absolute atomic E-state index is 12.8. The maximum Gasteiger partial charge on any atom is 0.335 e. The Kier molecular flexibility index (Phi) is 4.95. The van der Waals surface area contributed by atoms with Crippen molar-refractivity contribution in [2.45, 2.75) is 31.7 Å². The van der Waals surface area contributed by atoms with Crippen LogP contribution in [0.2, 0.25) is 0 Å². The summed E-state index contributed by atoms with van der Waals surface area (Å²) in [6.45, 7) is 4.35. The minimum absolute atomic E-state index is 0.115. The van der Waals surface area contributed by atoms with E-state index in [1.54, 1.807) is 11.6 Å². The number of aromatic nitrogens is 5. The van der Waals surface area contributed by atoms with Crippen molar-refractivity contribution in [3.05, 3.63) is 48.2 Å². The highest BCUT2D eigenvalue weighted by Crippen LogP contribution is 2.27. The number of benzene rings is 1. The lowest BCUT2D eigenvalue weighted by atomic mass is 10.2. The zero-order valence-electron chi connectivity index (χ0n) is 14.7. The van der Waals surface area contributed by atoms with Crippen LogP contribution in [-0.2, 0) is 16.6 Å². The van der Waals surface area contributed by atoms with Crippen LogP contribution in [0.25, 0.3) is 5.82 Å². The van der Waals surface area contributed by atoms with Gasteiger partial charge < -0.3 is 5.11 Å². The van der Waals surface area contributed by atoms with Crippen molar-refractivity contribution in [2.75, 3.05) is 4.72 Å². The number of carbonyl (C=O) groups is 1. The van der Waals surface area contributed by atoms with Crippen LogP contribution < -0.4 is 4.72 Å². The van der Waals surface area contributed by atoms with E-state index in [1.807, 2.05) is 6.92 Å². The Labute approximate surface area is 155 Å². The average molecular weight is 390 g/mol. The third kappa shape index (κ3) is 3.67. The van der Waals surface area contributed by atoms with Gasteiger partial charge in [0.05, 0.1) is 16.2 Å². The van der Waals surface area contributed by atoms with E-state index >= 15 is 0 Å². The van der Waals surface area contributed by atoms with Gasteiger partial charge in [-0.1, -0.05) is 13.0 Å². The van der Waals surface area contributed by atoms with Gasteiger partial charge in [-0.25, -0.2) is 13.2 Å². The van der Waals surface area contributed by atoms with Crippen molar-refractivity contribution >= 4 is 21.7 Å². The van der Waals surface area contributed by atoms with Crippen molar-refractivity contribution in [2.24, 2.45) is 0 Å². The molecule has 0 atom stereocenters. The Hall–Kier alpha value is -3.21. The van der Waals surface area contributed by atoms with Crippen LogP contribution in [0.1, 0.15) is 29.4 Å². The van der Waals surface area contributed by atoms with Crippen LogP contribution in [-0.4, -0.2) is 44.0 Å². The smallest absolute Gasteiger partial charge is 0.335 e. The molecule has 10 nitrogen and oxygen atoms in total. The highest BCUT2D eigenvalue weighted by atomic mass is 32.2. The molecular weight excluding hydrogens is 372 g/mol. The summed E-state index contributed by atoms with van der Waals surface area (Å²) < 4.78 is 31.4. The number of hydrogen-bond donors (Lipinski definition) is 2. The van der Waals surface area contributed by atoms with E-state index in [4.69, 9.17) is 5.11 Å². The van der Waals surface area contributed by atoms with Crippen molar-refractivity contribution < 1.29 is 18.3 Å². The highest BCUT2D eigenvalue weighted by molar-refractivity contribution is 7.92. The van der Waals surface area contributed by atoms with E-state index in [1.165, 1.54) is 35.4 Å². The molecule has 2 aromatic heterocycles. The number of nitrogens with one attached hydrogen (secondary N) is 1. The Morgan fingerprint density at radius 2 is 1.96 bits per heavy atom. The first-order valence-corrected chi connectivity index (χ1v) is 9.60. The second-order valence-corrected chi connectivity index (χ2v) is 7.50. The van der Waals surface area contributed by atoms with Crippen molar-refractivity contribution in [1.29, 1.82) is 0 Å². The van der Waals surface area contributed by atoms with Gasteiger partial charge in [-0.15, -0.1) is 10.2 Å². The van der Waals surface area contributed by atoms with Crippen LogP contribution in [0, 0.1) is 6.92 Å². The summed E-state index contributed by atoms with van der Waals surface area (Å²) in [5.74, 6) is -0.868. The number of hydrogen-bond acceptors (Lipinski definition) is 6. The minimum atomic E-state index is -4.03. The van der Waals surface area contributed by atoms with Crippen LogP contribution in [0.3, 0.4) is 0 Å². The Morgan fingerprint density at radius 3 is 2.59 bits per heavy atom. The summed E-state index contributed by atoms with van der Waals surface area (Å²) >= 11 is 0. The quantitative estimate of drug-likeness (QED) is 0.627. The molecular formula is C16H18N6O4S. The lowest BCUT2D eigenvalue weighted by Crippen LogP contribution is -2.15. The number of anilines is 1. The second kappa shape index (κ2) is 7.19. The number of aryl methyl sites for hydroxylation is 1. The molecule has 0 saturated carbocycles. The van der Waals surface area contributed by atoms with E-state index in [0.717, 1.165) is 12.5 Å². The zero-order chi connectivity index (χ0) is 19.6. The first kappa shape index (κ1) is 18.6. The van der Waals surface area contributed by atoms with Crippen molar-refractivity contribution in [1.82, 2.24) is 24.5 Å². The summed E-state index contributed by atoms with van der Waals surface area (Å²) in [5.41, 5.74) is 0.790. The molecule has 2 N–H and O–H groups in total. The molecule has 27 heavy (non-hydrogen) atoms. The molecule has 0 aliphatic heterocycles. The molecule has 1 aromatic carbocycles. The first-order chi connectivity index (χ1) is 12.8. The summed E-state index contributed by atoms with van der Waals surface area (Å²) in [5, 5.41) is 21.0. The molecule has 142 valence electrons. The normalized spacial score (nSPS) is 11.5. The Balaban J connectivity index is 2.06. The molecule has 0 amide bonds. The summed E-state index contributed by atoms with van der Waals surface area (Å²) in [4.78, 5) is 11.0. The predicted octanol–water partition coefficient (Wildman–Crippen LogP) is 1.68. The van der Waals surface area contributed by atoms with Crippen LogP contribution in [0.4, 0.5) is 5.69 Å². The number of carboxylic acid groups (broad SMARTS) is 1. The van der Waals surface area contributed by atoms with E-state index in [2.05, 4.69) is 20.0 Å². The van der Waals surface area contributed by atoms with Gasteiger partial charge in [0, 0.05) is 6.54 Å². The predicted molar refractivity (Wildman–Crippen MR) is 96.4 cm³/mol. The fourth-order valence-electron chi connectivity index (χ4n) is 2.56. The third-order valence-electron chi connectivity index (χ3n) is 3.91. The van der Waals surface area contributed by atoms with E-state index in [0.29, 0.717) is 18.1 Å². The SMILES string of the molecule is CCCn1nc(-n2cnnc2)c(NS(=O)(=O)c2cccc(C(=O)O)c2)c1C. The van der Waals surface area contributed by atoms with Gasteiger partial charge in [-0.3, -0.25) is 14.0 Å². The maximum atomic E-state index is 12.8. The molecule has 0 saturated heterocycles. The van der Waals surface area contributed by atoms with Crippen molar-refractivity contribution in [3.8, 4) is 5.82 Å². The van der Waals surface area contributed by atoms with Gasteiger partial charge in [0.1, 0.15) is 18.3 Å². The molecule has 0 spiro atoms. The van der Waals surface area contributed by atoms with E-state index in [9.17, 15) is 13.2 Å². The molecule has 3 aromatic rings. The van der Waals surface area contributed by atoms with E-state index in [-0.39, 0.29) is 16.1 Å². The molecule has 3 rings (SSSR count). The van der Waals surface area contributed by atoms with Gasteiger partial charge in [0.15, 0.2) is 5.82 Å². The fraction of sp³-hybridized carbons (Fsp3) is 0.250. The molecule has 0 fully saturated rings. The molecule has 11 heteroatoms. The standard InChI is InChI=1S/C16H18N6O4S/c1-3-7-22-11(2)14(15(19-22)21-9-17-18-10-21)20-27(25,26)13-6-4-5-12(8-13)16(23)24/h4-6,8-10,20H,3,7H2,1-2H3,(H,23,24). The lowest BCUT2D eigenvalue weighted by Gasteiger charge is -2.10. The molecule has 2 heterocycles. The number of sulfonamides is 1.